The average molecular weight is 287 g/mol. The third-order valence-corrected chi connectivity index (χ3v) is 3.34. The molecule has 1 aromatic carbocycles. The number of carbonyl (C=O) groups excluding carboxylic acids is 1. The molecule has 1 unspecified atom stereocenters. The van der Waals surface area contributed by atoms with Gasteiger partial charge in [0.1, 0.15) is 0 Å². The number of aryl methyl sites for hydroxylation is 3. The molecule has 1 aromatic heterocycles. The first-order valence-electron chi connectivity index (χ1n) is 7.05. The van der Waals surface area contributed by atoms with Crippen molar-refractivity contribution in [2.45, 2.75) is 39.8 Å². The Hall–Kier alpha value is -2.14. The predicted octanol–water partition coefficient (Wildman–Crippen LogP) is 2.58. The molecule has 0 fully saturated rings. The lowest BCUT2D eigenvalue weighted by Gasteiger charge is -2.13. The maximum atomic E-state index is 12.0. The molecular weight excluding hydrogens is 266 g/mol. The van der Waals surface area contributed by atoms with Crippen LogP contribution in [0.4, 0.5) is 5.69 Å². The molecule has 0 aliphatic carbocycles. The summed E-state index contributed by atoms with van der Waals surface area (Å²) in [4.78, 5) is 12.0. The molecule has 0 bridgehead atoms. The van der Waals surface area contributed by atoms with Crippen molar-refractivity contribution in [1.82, 2.24) is 9.78 Å². The molecule has 2 N–H and O–H groups in total. The number of para-hydroxylation sites is 1. The van der Waals surface area contributed by atoms with Gasteiger partial charge in [0.25, 0.3) is 0 Å². The van der Waals surface area contributed by atoms with Crippen molar-refractivity contribution >= 4 is 11.6 Å². The summed E-state index contributed by atoms with van der Waals surface area (Å²) in [5.74, 6) is -0.0874. The van der Waals surface area contributed by atoms with E-state index in [9.17, 15) is 9.90 Å². The van der Waals surface area contributed by atoms with Crippen LogP contribution in [-0.2, 0) is 11.3 Å². The van der Waals surface area contributed by atoms with Crippen LogP contribution in [0.1, 0.15) is 36.4 Å². The smallest absolute Gasteiger partial charge is 0.226 e. The zero-order valence-corrected chi connectivity index (χ0v) is 12.6. The van der Waals surface area contributed by atoms with E-state index in [0.717, 1.165) is 17.0 Å². The van der Waals surface area contributed by atoms with E-state index in [0.29, 0.717) is 18.7 Å². The number of hydrogen-bond donors (Lipinski definition) is 2. The van der Waals surface area contributed by atoms with Gasteiger partial charge in [0, 0.05) is 29.9 Å². The SMILES string of the molecule is Cc1cc(C)n(CCC(=O)Nc2ccccc2C(C)O)n1. The van der Waals surface area contributed by atoms with Gasteiger partial charge in [-0.15, -0.1) is 0 Å². The minimum atomic E-state index is -0.613. The van der Waals surface area contributed by atoms with Gasteiger partial charge in [-0.1, -0.05) is 18.2 Å². The van der Waals surface area contributed by atoms with Gasteiger partial charge in [0.05, 0.1) is 11.8 Å². The third kappa shape index (κ3) is 3.92. The molecule has 112 valence electrons. The molecule has 1 atom stereocenters. The van der Waals surface area contributed by atoms with E-state index in [1.165, 1.54) is 0 Å². The fourth-order valence-corrected chi connectivity index (χ4v) is 2.30. The Morgan fingerprint density at radius 1 is 1.38 bits per heavy atom. The van der Waals surface area contributed by atoms with E-state index >= 15 is 0 Å². The van der Waals surface area contributed by atoms with E-state index in [1.807, 2.05) is 36.7 Å². The Kier molecular flexibility index (Phi) is 4.75. The molecular formula is C16H21N3O2. The number of benzene rings is 1. The van der Waals surface area contributed by atoms with Gasteiger partial charge >= 0.3 is 0 Å². The molecule has 5 heteroatoms. The number of nitrogens with one attached hydrogen (secondary N) is 1. The normalized spacial score (nSPS) is 12.2. The van der Waals surface area contributed by atoms with Crippen LogP contribution in [0.25, 0.3) is 0 Å². The van der Waals surface area contributed by atoms with Gasteiger partial charge in [-0.3, -0.25) is 9.48 Å². The Morgan fingerprint density at radius 3 is 2.71 bits per heavy atom. The molecule has 1 amide bonds. The van der Waals surface area contributed by atoms with E-state index in [2.05, 4.69) is 10.4 Å². The summed E-state index contributed by atoms with van der Waals surface area (Å²) in [7, 11) is 0. The summed E-state index contributed by atoms with van der Waals surface area (Å²) < 4.78 is 1.83. The van der Waals surface area contributed by atoms with E-state index in [-0.39, 0.29) is 5.91 Å². The van der Waals surface area contributed by atoms with Crippen molar-refractivity contribution < 1.29 is 9.90 Å². The third-order valence-electron chi connectivity index (χ3n) is 3.34. The first-order chi connectivity index (χ1) is 9.97. The number of anilines is 1. The molecule has 0 spiro atoms. The monoisotopic (exact) mass is 287 g/mol. The average Bonchev–Trinajstić information content (AvgIpc) is 2.75. The molecule has 0 aliphatic rings. The highest BCUT2D eigenvalue weighted by Crippen LogP contribution is 2.22. The minimum Gasteiger partial charge on any atom is -0.389 e. The fraction of sp³-hybridized carbons (Fsp3) is 0.375. The van der Waals surface area contributed by atoms with Gasteiger partial charge < -0.3 is 10.4 Å². The van der Waals surface area contributed by atoms with Gasteiger partial charge in [-0.2, -0.15) is 5.10 Å². The zero-order valence-electron chi connectivity index (χ0n) is 12.6. The predicted molar refractivity (Wildman–Crippen MR) is 82.0 cm³/mol. The van der Waals surface area contributed by atoms with Crippen LogP contribution < -0.4 is 5.32 Å². The number of rotatable bonds is 5. The highest BCUT2D eigenvalue weighted by molar-refractivity contribution is 5.91. The molecule has 21 heavy (non-hydrogen) atoms. The highest BCUT2D eigenvalue weighted by atomic mass is 16.3. The van der Waals surface area contributed by atoms with Crippen LogP contribution in [0, 0.1) is 13.8 Å². The van der Waals surface area contributed by atoms with Crippen LogP contribution in [0.2, 0.25) is 0 Å². The van der Waals surface area contributed by atoms with Crippen molar-refractivity contribution in [1.29, 1.82) is 0 Å². The summed E-state index contributed by atoms with van der Waals surface area (Å²) in [5, 5.41) is 16.9. The van der Waals surface area contributed by atoms with Crippen molar-refractivity contribution in [2.24, 2.45) is 0 Å². The molecule has 0 saturated heterocycles. The van der Waals surface area contributed by atoms with Crippen LogP contribution >= 0.6 is 0 Å². The molecule has 1 heterocycles. The van der Waals surface area contributed by atoms with Gasteiger partial charge in [-0.25, -0.2) is 0 Å². The van der Waals surface area contributed by atoms with Crippen LogP contribution in [0.15, 0.2) is 30.3 Å². The lowest BCUT2D eigenvalue weighted by Crippen LogP contribution is -2.17. The molecule has 0 aliphatic heterocycles. The number of aromatic nitrogens is 2. The maximum Gasteiger partial charge on any atom is 0.226 e. The Balaban J connectivity index is 1.98. The van der Waals surface area contributed by atoms with Gasteiger partial charge in [0.15, 0.2) is 0 Å². The van der Waals surface area contributed by atoms with E-state index < -0.39 is 6.10 Å². The second kappa shape index (κ2) is 6.54. The summed E-state index contributed by atoms with van der Waals surface area (Å²) in [6.45, 7) is 6.13. The highest BCUT2D eigenvalue weighted by Gasteiger charge is 2.10. The van der Waals surface area contributed by atoms with Crippen molar-refractivity contribution in [3.05, 3.63) is 47.3 Å². The topological polar surface area (TPSA) is 67.2 Å². The summed E-state index contributed by atoms with van der Waals surface area (Å²) in [6, 6.07) is 9.27. The lowest BCUT2D eigenvalue weighted by atomic mass is 10.1. The second-order valence-electron chi connectivity index (χ2n) is 5.21. The molecule has 5 nitrogen and oxygen atoms in total. The first kappa shape index (κ1) is 15.3. The van der Waals surface area contributed by atoms with Crippen molar-refractivity contribution in [3.63, 3.8) is 0 Å². The van der Waals surface area contributed by atoms with Crippen LogP contribution in [-0.4, -0.2) is 20.8 Å². The number of hydrogen-bond acceptors (Lipinski definition) is 3. The number of aliphatic hydroxyl groups excluding tert-OH is 1. The zero-order chi connectivity index (χ0) is 15.4. The quantitative estimate of drug-likeness (QED) is 0.888. The molecule has 0 radical (unpaired) electrons. The summed E-state index contributed by atoms with van der Waals surface area (Å²) in [6.07, 6.45) is -0.270. The van der Waals surface area contributed by atoms with Crippen molar-refractivity contribution in [2.75, 3.05) is 5.32 Å². The van der Waals surface area contributed by atoms with Crippen molar-refractivity contribution in [3.8, 4) is 0 Å². The van der Waals surface area contributed by atoms with Crippen LogP contribution in [0.3, 0.4) is 0 Å². The number of carbonyl (C=O) groups is 1. The van der Waals surface area contributed by atoms with Gasteiger partial charge in [0.2, 0.25) is 5.91 Å². The largest absolute Gasteiger partial charge is 0.389 e. The lowest BCUT2D eigenvalue weighted by molar-refractivity contribution is -0.116. The molecule has 2 aromatic rings. The second-order valence-corrected chi connectivity index (χ2v) is 5.21. The Labute approximate surface area is 124 Å². The molecule has 2 rings (SSSR count). The number of nitrogens with zero attached hydrogens (tertiary/aromatic N) is 2. The van der Waals surface area contributed by atoms with Crippen LogP contribution in [0.5, 0.6) is 0 Å². The minimum absolute atomic E-state index is 0.0874. The number of aliphatic hydroxyl groups is 1. The maximum absolute atomic E-state index is 12.0. The summed E-state index contributed by atoms with van der Waals surface area (Å²) >= 11 is 0. The molecule has 0 saturated carbocycles. The fourth-order valence-electron chi connectivity index (χ4n) is 2.30. The summed E-state index contributed by atoms with van der Waals surface area (Å²) in [5.41, 5.74) is 3.37. The number of amides is 1. The standard InChI is InChI=1S/C16H21N3O2/c1-11-10-12(2)19(18-11)9-8-16(21)17-15-7-5-4-6-14(15)13(3)20/h4-7,10,13,20H,8-9H2,1-3H3,(H,17,21). The first-order valence-corrected chi connectivity index (χ1v) is 7.05. The Bertz CT molecular complexity index is 632. The van der Waals surface area contributed by atoms with Gasteiger partial charge in [-0.05, 0) is 32.9 Å². The van der Waals surface area contributed by atoms with E-state index in [4.69, 9.17) is 0 Å². The Morgan fingerprint density at radius 2 is 2.10 bits per heavy atom. The van der Waals surface area contributed by atoms with E-state index in [1.54, 1.807) is 19.1 Å².